The molecule has 0 fully saturated rings. The number of halogens is 3. The number of pyridine rings is 1. The van der Waals surface area contributed by atoms with Crippen LogP contribution in [0.25, 0.3) is 11.2 Å². The molecule has 5 nitrogen and oxygen atoms in total. The maximum Gasteiger partial charge on any atom is 0.418 e. The Morgan fingerprint density at radius 3 is 2.73 bits per heavy atom. The Morgan fingerprint density at radius 1 is 1.27 bits per heavy atom. The third kappa shape index (κ3) is 3.98. The molecule has 1 atom stereocenters. The molecule has 2 aromatic heterocycles. The molecule has 9 heteroatoms. The molecule has 0 bridgehead atoms. The van der Waals surface area contributed by atoms with E-state index in [4.69, 9.17) is 4.42 Å². The smallest absolute Gasteiger partial charge is 0.418 e. The molecule has 0 spiro atoms. The normalized spacial score (nSPS) is 12.9. The molecule has 0 radical (unpaired) electrons. The van der Waals surface area contributed by atoms with Crippen LogP contribution in [0.1, 0.15) is 18.9 Å². The largest absolute Gasteiger partial charge is 0.430 e. The summed E-state index contributed by atoms with van der Waals surface area (Å²) in [6, 6.07) is 8.25. The summed E-state index contributed by atoms with van der Waals surface area (Å²) in [5, 5.41) is 1.94. The number of anilines is 1. The molecule has 1 aromatic carbocycles. The van der Waals surface area contributed by atoms with E-state index in [2.05, 4.69) is 15.3 Å². The highest BCUT2D eigenvalue weighted by Gasteiger charge is 2.34. The Kier molecular flexibility index (Phi) is 5.17. The molecule has 136 valence electrons. The number of rotatable bonds is 5. The number of amides is 1. The van der Waals surface area contributed by atoms with Gasteiger partial charge in [-0.2, -0.15) is 18.2 Å². The number of hydrogen-bond acceptors (Lipinski definition) is 5. The van der Waals surface area contributed by atoms with Gasteiger partial charge in [-0.1, -0.05) is 30.8 Å². The predicted octanol–water partition coefficient (Wildman–Crippen LogP) is 4.75. The fourth-order valence-corrected chi connectivity index (χ4v) is 3.15. The average molecular weight is 381 g/mol. The van der Waals surface area contributed by atoms with Crippen LogP contribution in [0.4, 0.5) is 18.9 Å². The van der Waals surface area contributed by atoms with Gasteiger partial charge in [0.15, 0.2) is 11.2 Å². The number of benzene rings is 1. The third-order valence-corrected chi connectivity index (χ3v) is 4.75. The number of thioether (sulfide) groups is 1. The van der Waals surface area contributed by atoms with Crippen LogP contribution in [0.2, 0.25) is 0 Å². The number of hydrogen-bond donors (Lipinski definition) is 1. The van der Waals surface area contributed by atoms with Gasteiger partial charge in [-0.3, -0.25) is 4.79 Å². The number of para-hydroxylation sites is 1. The molecule has 3 rings (SSSR count). The van der Waals surface area contributed by atoms with Gasteiger partial charge in [0, 0.05) is 6.20 Å². The molecule has 0 aliphatic carbocycles. The van der Waals surface area contributed by atoms with E-state index in [0.717, 1.165) is 17.8 Å². The van der Waals surface area contributed by atoms with Crippen molar-refractivity contribution in [3.05, 3.63) is 48.2 Å². The first kappa shape index (κ1) is 18.2. The standard InChI is InChI=1S/C17H14F3N3O2S/c1-2-13(26-16-23-14-12(25-16)8-5-9-21-14)15(24)22-11-7-4-3-6-10(11)17(18,19)20/h3-9,13H,2H2,1H3,(H,22,24)/t13-/m1/s1. The van der Waals surface area contributed by atoms with Crippen LogP contribution >= 0.6 is 11.8 Å². The topological polar surface area (TPSA) is 68.0 Å². The highest BCUT2D eigenvalue weighted by molar-refractivity contribution is 8.00. The maximum atomic E-state index is 13.1. The molecule has 1 amide bonds. The monoisotopic (exact) mass is 381 g/mol. The zero-order chi connectivity index (χ0) is 18.7. The molecule has 0 saturated carbocycles. The van der Waals surface area contributed by atoms with E-state index >= 15 is 0 Å². The van der Waals surface area contributed by atoms with Crippen molar-refractivity contribution in [2.24, 2.45) is 0 Å². The number of alkyl halides is 3. The van der Waals surface area contributed by atoms with Gasteiger partial charge in [0.1, 0.15) is 0 Å². The van der Waals surface area contributed by atoms with Crippen molar-refractivity contribution >= 4 is 34.6 Å². The van der Waals surface area contributed by atoms with Crippen molar-refractivity contribution in [1.29, 1.82) is 0 Å². The van der Waals surface area contributed by atoms with Crippen molar-refractivity contribution in [3.8, 4) is 0 Å². The number of aromatic nitrogens is 2. The molecule has 0 aliphatic heterocycles. The van der Waals surface area contributed by atoms with Crippen molar-refractivity contribution in [1.82, 2.24) is 9.97 Å². The summed E-state index contributed by atoms with van der Waals surface area (Å²) >= 11 is 1.04. The molecule has 0 aliphatic rings. The first-order valence-corrected chi connectivity index (χ1v) is 8.61. The van der Waals surface area contributed by atoms with Crippen LogP contribution in [0, 0.1) is 0 Å². The zero-order valence-electron chi connectivity index (χ0n) is 13.6. The van der Waals surface area contributed by atoms with Crippen LogP contribution < -0.4 is 5.32 Å². The Labute approximate surface area is 151 Å². The van der Waals surface area contributed by atoms with E-state index < -0.39 is 22.9 Å². The van der Waals surface area contributed by atoms with Crippen LogP contribution in [0.5, 0.6) is 0 Å². The number of oxazole rings is 1. The van der Waals surface area contributed by atoms with Crippen molar-refractivity contribution in [2.45, 2.75) is 30.0 Å². The summed E-state index contributed by atoms with van der Waals surface area (Å²) in [6.07, 6.45) is -2.60. The molecule has 0 unspecified atom stereocenters. The van der Waals surface area contributed by atoms with Crippen LogP contribution in [-0.2, 0) is 11.0 Å². The lowest BCUT2D eigenvalue weighted by Crippen LogP contribution is -2.26. The lowest BCUT2D eigenvalue weighted by atomic mass is 10.1. The molecule has 2 heterocycles. The number of carbonyl (C=O) groups is 1. The Morgan fingerprint density at radius 2 is 2.04 bits per heavy atom. The number of carbonyl (C=O) groups excluding carboxylic acids is 1. The van der Waals surface area contributed by atoms with Crippen LogP contribution in [0.15, 0.2) is 52.2 Å². The second kappa shape index (κ2) is 7.36. The van der Waals surface area contributed by atoms with Crippen molar-refractivity contribution in [3.63, 3.8) is 0 Å². The van der Waals surface area contributed by atoms with Crippen LogP contribution in [-0.4, -0.2) is 21.1 Å². The Bertz CT molecular complexity index is 894. The lowest BCUT2D eigenvalue weighted by Gasteiger charge is -2.16. The first-order valence-electron chi connectivity index (χ1n) is 7.73. The highest BCUT2D eigenvalue weighted by Crippen LogP contribution is 2.35. The Balaban J connectivity index is 1.77. The van der Waals surface area contributed by atoms with Gasteiger partial charge in [-0.15, -0.1) is 0 Å². The minimum Gasteiger partial charge on any atom is -0.430 e. The third-order valence-electron chi connectivity index (χ3n) is 3.54. The average Bonchev–Trinajstić information content (AvgIpc) is 3.01. The molecule has 3 aromatic rings. The summed E-state index contributed by atoms with van der Waals surface area (Å²) in [5.41, 5.74) is -0.275. The molecular formula is C17H14F3N3O2S. The van der Waals surface area contributed by atoms with E-state index in [1.807, 2.05) is 0 Å². The maximum absolute atomic E-state index is 13.1. The zero-order valence-corrected chi connectivity index (χ0v) is 14.4. The van der Waals surface area contributed by atoms with Gasteiger partial charge >= 0.3 is 6.18 Å². The predicted molar refractivity (Wildman–Crippen MR) is 91.8 cm³/mol. The van der Waals surface area contributed by atoms with Crippen molar-refractivity contribution in [2.75, 3.05) is 5.32 Å². The first-order chi connectivity index (χ1) is 12.4. The summed E-state index contributed by atoms with van der Waals surface area (Å²) in [5.74, 6) is -0.551. The summed E-state index contributed by atoms with van der Waals surface area (Å²) < 4.78 is 44.7. The lowest BCUT2D eigenvalue weighted by molar-refractivity contribution is -0.137. The van der Waals surface area contributed by atoms with Gasteiger partial charge in [0.05, 0.1) is 16.5 Å². The van der Waals surface area contributed by atoms with Gasteiger partial charge in [-0.05, 0) is 30.7 Å². The van der Waals surface area contributed by atoms with Gasteiger partial charge in [0.2, 0.25) is 5.91 Å². The quantitative estimate of drug-likeness (QED) is 0.646. The van der Waals surface area contributed by atoms with E-state index in [1.165, 1.54) is 18.2 Å². The van der Waals surface area contributed by atoms with Gasteiger partial charge in [-0.25, -0.2) is 4.98 Å². The number of nitrogens with one attached hydrogen (secondary N) is 1. The second-order valence-electron chi connectivity index (χ2n) is 5.35. The SMILES string of the molecule is CC[C@@H](Sc1nc2ncccc2o1)C(=O)Nc1ccccc1C(F)(F)F. The fourth-order valence-electron chi connectivity index (χ4n) is 2.30. The molecule has 0 saturated heterocycles. The summed E-state index contributed by atoms with van der Waals surface area (Å²) in [6.45, 7) is 1.76. The minimum absolute atomic E-state index is 0.241. The van der Waals surface area contributed by atoms with Gasteiger partial charge < -0.3 is 9.73 Å². The summed E-state index contributed by atoms with van der Waals surface area (Å²) in [7, 11) is 0. The second-order valence-corrected chi connectivity index (χ2v) is 6.51. The summed E-state index contributed by atoms with van der Waals surface area (Å²) in [4.78, 5) is 20.7. The van der Waals surface area contributed by atoms with E-state index in [0.29, 0.717) is 17.7 Å². The number of nitrogens with zero attached hydrogens (tertiary/aromatic N) is 2. The van der Waals surface area contributed by atoms with E-state index in [-0.39, 0.29) is 10.9 Å². The van der Waals surface area contributed by atoms with E-state index in [1.54, 1.807) is 25.3 Å². The fraction of sp³-hybridized carbons (Fsp3) is 0.235. The number of fused-ring (bicyclic) bond motifs is 1. The highest BCUT2D eigenvalue weighted by atomic mass is 32.2. The Hall–Kier alpha value is -2.55. The van der Waals surface area contributed by atoms with E-state index in [9.17, 15) is 18.0 Å². The molecule has 1 N–H and O–H groups in total. The molecule has 26 heavy (non-hydrogen) atoms. The van der Waals surface area contributed by atoms with Crippen molar-refractivity contribution < 1.29 is 22.4 Å². The van der Waals surface area contributed by atoms with Crippen LogP contribution in [0.3, 0.4) is 0 Å². The molecular weight excluding hydrogens is 367 g/mol. The minimum atomic E-state index is -4.55. The van der Waals surface area contributed by atoms with Gasteiger partial charge in [0.25, 0.3) is 5.22 Å².